The summed E-state index contributed by atoms with van der Waals surface area (Å²) in [6.45, 7) is 0.463. The maximum absolute atomic E-state index is 13.7. The zero-order valence-corrected chi connectivity index (χ0v) is 20.7. The van der Waals surface area contributed by atoms with Crippen molar-refractivity contribution in [1.82, 2.24) is 30.1 Å². The number of rotatable bonds is 6. The van der Waals surface area contributed by atoms with Crippen LogP contribution in [0, 0.1) is 5.13 Å². The van der Waals surface area contributed by atoms with Gasteiger partial charge in [0.1, 0.15) is 12.4 Å². The molecule has 0 aliphatic carbocycles. The Kier molecular flexibility index (Phi) is 5.41. The summed E-state index contributed by atoms with van der Waals surface area (Å²) in [6.07, 6.45) is 7.00. The molecule has 7 nitrogen and oxygen atoms in total. The number of halogens is 1. The lowest BCUT2D eigenvalue weighted by Crippen LogP contribution is -1.96. The van der Waals surface area contributed by atoms with Gasteiger partial charge in [-0.25, -0.2) is 4.98 Å². The highest BCUT2D eigenvalue weighted by Crippen LogP contribution is 2.36. The van der Waals surface area contributed by atoms with Crippen molar-refractivity contribution in [2.45, 2.75) is 6.61 Å². The number of thiophene rings is 1. The lowest BCUT2D eigenvalue weighted by atomic mass is 10.1. The van der Waals surface area contributed by atoms with E-state index >= 15 is 0 Å². The van der Waals surface area contributed by atoms with Crippen molar-refractivity contribution in [3.63, 3.8) is 0 Å². The van der Waals surface area contributed by atoms with E-state index in [2.05, 4.69) is 30.1 Å². The predicted molar refractivity (Wildman–Crippen MR) is 146 cm³/mol. The first-order valence-corrected chi connectivity index (χ1v) is 12.7. The third kappa shape index (κ3) is 4.08. The molecule has 38 heavy (non-hydrogen) atoms. The summed E-state index contributed by atoms with van der Waals surface area (Å²) in [4.78, 5) is 17.7. The monoisotopic (exact) mass is 518 g/mol. The van der Waals surface area contributed by atoms with Crippen LogP contribution in [-0.4, -0.2) is 30.1 Å². The maximum atomic E-state index is 13.7. The van der Waals surface area contributed by atoms with Crippen LogP contribution in [0.25, 0.3) is 55.0 Å². The lowest BCUT2D eigenvalue weighted by molar-refractivity contribution is 0.305. The number of H-pyrrole nitrogens is 2. The Balaban J connectivity index is 1.24. The summed E-state index contributed by atoms with van der Waals surface area (Å²) in [5, 5.41) is 9.06. The van der Waals surface area contributed by atoms with Gasteiger partial charge in [0.25, 0.3) is 0 Å². The largest absolute Gasteiger partial charge is 0.487 e. The minimum atomic E-state index is -0.239. The molecule has 7 aromatic rings. The second-order valence-corrected chi connectivity index (χ2v) is 9.82. The van der Waals surface area contributed by atoms with Gasteiger partial charge >= 0.3 is 0 Å². The summed E-state index contributed by atoms with van der Waals surface area (Å²) in [5.41, 5.74) is 6.75. The van der Waals surface area contributed by atoms with Crippen LogP contribution in [-0.2, 0) is 6.61 Å². The number of ether oxygens (including phenoxy) is 1. The smallest absolute Gasteiger partial charge is 0.181 e. The molecule has 0 saturated carbocycles. The van der Waals surface area contributed by atoms with Gasteiger partial charge in [0.15, 0.2) is 10.8 Å². The van der Waals surface area contributed by atoms with Crippen LogP contribution in [0.4, 0.5) is 4.39 Å². The van der Waals surface area contributed by atoms with Crippen molar-refractivity contribution in [2.24, 2.45) is 0 Å². The SMILES string of the molecule is Fc1ccc(-c2nccc3[nH]c(-c4[nH]nc5ncc(-c6cncc(OCc7ccccc7)c6)cc45)cc23)s1. The summed E-state index contributed by atoms with van der Waals surface area (Å²) >= 11 is 1.08. The fourth-order valence-corrected chi connectivity index (χ4v) is 5.23. The number of nitrogens with one attached hydrogen (secondary N) is 2. The van der Waals surface area contributed by atoms with E-state index in [1.165, 1.54) is 6.07 Å². The Morgan fingerprint density at radius 3 is 2.63 bits per heavy atom. The van der Waals surface area contributed by atoms with Crippen LogP contribution >= 0.6 is 11.3 Å². The van der Waals surface area contributed by atoms with Crippen molar-refractivity contribution in [1.29, 1.82) is 0 Å². The van der Waals surface area contributed by atoms with E-state index < -0.39 is 0 Å². The van der Waals surface area contributed by atoms with Gasteiger partial charge in [0.2, 0.25) is 0 Å². The number of benzene rings is 1. The number of hydrogen-bond acceptors (Lipinski definition) is 6. The number of fused-ring (bicyclic) bond motifs is 2. The fourth-order valence-electron chi connectivity index (χ4n) is 4.49. The average Bonchev–Trinajstić information content (AvgIpc) is 3.70. The van der Waals surface area contributed by atoms with Gasteiger partial charge in [-0.05, 0) is 42.0 Å². The number of aromatic nitrogens is 6. The molecule has 6 aromatic heterocycles. The van der Waals surface area contributed by atoms with Crippen LogP contribution in [0.2, 0.25) is 0 Å². The van der Waals surface area contributed by atoms with Crippen LogP contribution in [0.3, 0.4) is 0 Å². The van der Waals surface area contributed by atoms with Crippen molar-refractivity contribution < 1.29 is 9.13 Å². The topological polar surface area (TPSA) is 92.4 Å². The summed E-state index contributed by atoms with van der Waals surface area (Å²) in [5.74, 6) is 0.680. The van der Waals surface area contributed by atoms with Gasteiger partial charge in [0.05, 0.1) is 28.2 Å². The minimum absolute atomic E-state index is 0.239. The minimum Gasteiger partial charge on any atom is -0.487 e. The van der Waals surface area contributed by atoms with Crippen LogP contribution in [0.5, 0.6) is 5.75 Å². The Morgan fingerprint density at radius 1 is 0.868 bits per heavy atom. The highest BCUT2D eigenvalue weighted by atomic mass is 32.1. The highest BCUT2D eigenvalue weighted by Gasteiger charge is 2.16. The summed E-state index contributed by atoms with van der Waals surface area (Å²) in [6, 6.07) is 21.1. The molecule has 0 aliphatic heterocycles. The van der Waals surface area contributed by atoms with E-state index in [0.717, 1.165) is 66.3 Å². The third-order valence-electron chi connectivity index (χ3n) is 6.33. The fraction of sp³-hybridized carbons (Fsp3) is 0.0345. The third-order valence-corrected chi connectivity index (χ3v) is 7.21. The van der Waals surface area contributed by atoms with Crippen molar-refractivity contribution >= 4 is 33.3 Å². The molecule has 0 unspecified atom stereocenters. The highest BCUT2D eigenvalue weighted by molar-refractivity contribution is 7.13. The molecule has 9 heteroatoms. The summed E-state index contributed by atoms with van der Waals surface area (Å²) in [7, 11) is 0. The van der Waals surface area contributed by atoms with E-state index in [-0.39, 0.29) is 5.13 Å². The quantitative estimate of drug-likeness (QED) is 0.247. The Hall–Kier alpha value is -4.89. The molecule has 2 N–H and O–H groups in total. The molecule has 184 valence electrons. The zero-order chi connectivity index (χ0) is 25.5. The first-order chi connectivity index (χ1) is 18.7. The molecule has 7 rings (SSSR count). The maximum Gasteiger partial charge on any atom is 0.181 e. The van der Waals surface area contributed by atoms with E-state index in [0.29, 0.717) is 18.0 Å². The Labute approximate surface area is 220 Å². The number of aromatic amines is 2. The molecule has 0 spiro atoms. The number of pyridine rings is 3. The van der Waals surface area contributed by atoms with Gasteiger partial charge in [-0.2, -0.15) is 9.49 Å². The molecular weight excluding hydrogens is 499 g/mol. The second kappa shape index (κ2) is 9.20. The molecule has 0 aliphatic rings. The Morgan fingerprint density at radius 2 is 1.76 bits per heavy atom. The van der Waals surface area contributed by atoms with Crippen molar-refractivity contribution in [3.05, 3.63) is 102 Å². The lowest BCUT2D eigenvalue weighted by Gasteiger charge is -2.08. The molecule has 1 aromatic carbocycles. The van der Waals surface area contributed by atoms with E-state index in [9.17, 15) is 4.39 Å². The molecule has 0 bridgehead atoms. The normalized spacial score (nSPS) is 11.4. The van der Waals surface area contributed by atoms with Crippen LogP contribution in [0.1, 0.15) is 5.56 Å². The van der Waals surface area contributed by atoms with Crippen molar-refractivity contribution in [3.8, 4) is 38.8 Å². The molecule has 0 fully saturated rings. The van der Waals surface area contributed by atoms with Crippen LogP contribution in [0.15, 0.2) is 91.5 Å². The van der Waals surface area contributed by atoms with Crippen molar-refractivity contribution in [2.75, 3.05) is 0 Å². The molecule has 0 amide bonds. The molecule has 0 radical (unpaired) electrons. The average molecular weight is 519 g/mol. The summed E-state index contributed by atoms with van der Waals surface area (Å²) < 4.78 is 19.7. The first kappa shape index (κ1) is 22.3. The zero-order valence-electron chi connectivity index (χ0n) is 19.9. The second-order valence-electron chi connectivity index (χ2n) is 8.78. The molecular formula is C29H19FN6OS. The predicted octanol–water partition coefficient (Wildman–Crippen LogP) is 7.01. The number of nitrogens with zero attached hydrogens (tertiary/aromatic N) is 4. The van der Waals surface area contributed by atoms with Gasteiger partial charge in [-0.1, -0.05) is 30.3 Å². The van der Waals surface area contributed by atoms with Gasteiger partial charge in [-0.15, -0.1) is 11.3 Å². The molecule has 0 atom stereocenters. The standard InChI is InChI=1S/C29H19FN6OS/c30-26-7-6-25(38-26)28-21-12-24(34-23(21)8-9-32-28)27-22-11-19(14-33-29(22)36-35-27)18-10-20(15-31-13-18)37-16-17-4-2-1-3-5-17/h1-15,34H,16H2,(H,33,35,36). The van der Waals surface area contributed by atoms with Gasteiger partial charge in [0, 0.05) is 46.0 Å². The first-order valence-electron chi connectivity index (χ1n) is 11.9. The van der Waals surface area contributed by atoms with E-state index in [1.54, 1.807) is 30.9 Å². The van der Waals surface area contributed by atoms with Gasteiger partial charge < -0.3 is 9.72 Å². The number of hydrogen-bond donors (Lipinski definition) is 2. The molecule has 0 saturated heterocycles. The van der Waals surface area contributed by atoms with E-state index in [1.807, 2.05) is 54.6 Å². The Bertz CT molecular complexity index is 1910. The van der Waals surface area contributed by atoms with Gasteiger partial charge in [-0.3, -0.25) is 15.1 Å². The molecule has 6 heterocycles. The van der Waals surface area contributed by atoms with E-state index in [4.69, 9.17) is 4.74 Å². The van der Waals surface area contributed by atoms with Crippen LogP contribution < -0.4 is 4.74 Å².